The Morgan fingerprint density at radius 2 is 2.14 bits per heavy atom. The second-order valence-electron chi connectivity index (χ2n) is 3.41. The largest absolute Gasteiger partial charge is 0.478 e. The van der Waals surface area contributed by atoms with Crippen molar-refractivity contribution in [2.24, 2.45) is 0 Å². The van der Waals surface area contributed by atoms with Crippen molar-refractivity contribution in [3.05, 3.63) is 41.7 Å². The van der Waals surface area contributed by atoms with Crippen LogP contribution in [0.25, 0.3) is 0 Å². The minimum absolute atomic E-state index is 0.323. The fraction of sp³-hybridized carbons (Fsp3) is 0.273. The first-order valence-electron chi connectivity index (χ1n) is 4.61. The molecule has 0 atom stereocenters. The molecule has 72 valence electrons. The van der Waals surface area contributed by atoms with Crippen LogP contribution in [0.4, 0.5) is 0 Å². The van der Waals surface area contributed by atoms with Crippen molar-refractivity contribution in [1.29, 1.82) is 0 Å². The molecule has 0 unspecified atom stereocenters. The lowest BCUT2D eigenvalue weighted by atomic mass is 9.94. The molecule has 1 aliphatic rings. The van der Waals surface area contributed by atoms with E-state index < -0.39 is 5.97 Å². The summed E-state index contributed by atoms with van der Waals surface area (Å²) in [6, 6.07) is 1.81. The van der Waals surface area contributed by atoms with E-state index in [0.29, 0.717) is 11.5 Å². The fourth-order valence-electron chi connectivity index (χ4n) is 1.81. The Labute approximate surface area is 82.1 Å². The summed E-state index contributed by atoms with van der Waals surface area (Å²) >= 11 is 0. The number of carbonyl (C=O) groups is 1. The summed E-state index contributed by atoms with van der Waals surface area (Å²) in [5.74, 6) is -0.566. The van der Waals surface area contributed by atoms with E-state index >= 15 is 0 Å². The van der Waals surface area contributed by atoms with E-state index in [2.05, 4.69) is 17.1 Å². The highest BCUT2D eigenvalue weighted by molar-refractivity contribution is 5.89. The third-order valence-corrected chi connectivity index (χ3v) is 2.53. The monoisotopic (exact) mass is 189 g/mol. The third kappa shape index (κ3) is 1.53. The van der Waals surface area contributed by atoms with Crippen LogP contribution < -0.4 is 0 Å². The van der Waals surface area contributed by atoms with Gasteiger partial charge in [0.15, 0.2) is 0 Å². The SMILES string of the molecule is O=C(O)c1cnccc1C1CC=CC1. The molecule has 0 saturated heterocycles. The molecule has 3 heteroatoms. The van der Waals surface area contributed by atoms with E-state index in [-0.39, 0.29) is 0 Å². The van der Waals surface area contributed by atoms with Gasteiger partial charge in [-0.1, -0.05) is 12.2 Å². The number of aromatic nitrogens is 1. The summed E-state index contributed by atoms with van der Waals surface area (Å²) in [6.45, 7) is 0. The van der Waals surface area contributed by atoms with Crippen molar-refractivity contribution in [3.8, 4) is 0 Å². The van der Waals surface area contributed by atoms with Crippen LogP contribution in [-0.4, -0.2) is 16.1 Å². The van der Waals surface area contributed by atoms with Gasteiger partial charge in [-0.3, -0.25) is 4.98 Å². The van der Waals surface area contributed by atoms with E-state index in [4.69, 9.17) is 5.11 Å². The van der Waals surface area contributed by atoms with Gasteiger partial charge in [-0.05, 0) is 30.4 Å². The molecular weight excluding hydrogens is 178 g/mol. The molecule has 3 nitrogen and oxygen atoms in total. The molecule has 0 saturated carbocycles. The minimum atomic E-state index is -0.889. The van der Waals surface area contributed by atoms with Gasteiger partial charge in [-0.2, -0.15) is 0 Å². The van der Waals surface area contributed by atoms with Gasteiger partial charge in [0.25, 0.3) is 0 Å². The van der Waals surface area contributed by atoms with Gasteiger partial charge in [0.2, 0.25) is 0 Å². The Kier molecular flexibility index (Phi) is 2.31. The van der Waals surface area contributed by atoms with E-state index in [1.165, 1.54) is 6.20 Å². The number of aromatic carboxylic acids is 1. The molecule has 1 N–H and O–H groups in total. The molecule has 0 bridgehead atoms. The van der Waals surface area contributed by atoms with Crippen molar-refractivity contribution < 1.29 is 9.90 Å². The average Bonchev–Trinajstić information content (AvgIpc) is 2.70. The third-order valence-electron chi connectivity index (χ3n) is 2.53. The maximum Gasteiger partial charge on any atom is 0.337 e. The van der Waals surface area contributed by atoms with E-state index in [0.717, 1.165) is 18.4 Å². The number of pyridine rings is 1. The molecule has 2 rings (SSSR count). The van der Waals surface area contributed by atoms with E-state index in [1.54, 1.807) is 12.3 Å². The van der Waals surface area contributed by atoms with Crippen LogP contribution in [0.3, 0.4) is 0 Å². The molecule has 0 aliphatic heterocycles. The van der Waals surface area contributed by atoms with Crippen LogP contribution >= 0.6 is 0 Å². The number of hydrogen-bond donors (Lipinski definition) is 1. The standard InChI is InChI=1S/C11H11NO2/c13-11(14)10-7-12-6-5-9(10)8-3-1-2-4-8/h1-2,5-8H,3-4H2,(H,13,14). The summed E-state index contributed by atoms with van der Waals surface area (Å²) in [7, 11) is 0. The van der Waals surface area contributed by atoms with Gasteiger partial charge in [0, 0.05) is 12.4 Å². The van der Waals surface area contributed by atoms with Crippen molar-refractivity contribution in [3.63, 3.8) is 0 Å². The van der Waals surface area contributed by atoms with Gasteiger partial charge in [-0.25, -0.2) is 4.79 Å². The number of nitrogens with zero attached hydrogens (tertiary/aromatic N) is 1. The molecule has 14 heavy (non-hydrogen) atoms. The van der Waals surface area contributed by atoms with Crippen LogP contribution in [0.15, 0.2) is 30.6 Å². The van der Waals surface area contributed by atoms with Crippen LogP contribution in [0.2, 0.25) is 0 Å². The highest BCUT2D eigenvalue weighted by atomic mass is 16.4. The van der Waals surface area contributed by atoms with Crippen LogP contribution in [0.5, 0.6) is 0 Å². The summed E-state index contributed by atoms with van der Waals surface area (Å²) < 4.78 is 0. The van der Waals surface area contributed by atoms with Gasteiger partial charge >= 0.3 is 5.97 Å². The molecule has 1 aromatic rings. The quantitative estimate of drug-likeness (QED) is 0.725. The highest BCUT2D eigenvalue weighted by Crippen LogP contribution is 2.30. The molecule has 0 amide bonds. The molecule has 0 radical (unpaired) electrons. The maximum absolute atomic E-state index is 10.9. The lowest BCUT2D eigenvalue weighted by Crippen LogP contribution is -2.06. The number of carboxylic acids is 1. The first-order chi connectivity index (χ1) is 6.79. The Bertz CT molecular complexity index is 377. The predicted octanol–water partition coefficient (Wildman–Crippen LogP) is 2.21. The summed E-state index contributed by atoms with van der Waals surface area (Å²) in [5, 5.41) is 8.97. The zero-order valence-corrected chi connectivity index (χ0v) is 7.68. The Morgan fingerprint density at radius 1 is 1.43 bits per heavy atom. The molecule has 0 spiro atoms. The number of rotatable bonds is 2. The average molecular weight is 189 g/mol. The smallest absolute Gasteiger partial charge is 0.337 e. The topological polar surface area (TPSA) is 50.2 Å². The molecular formula is C11H11NO2. The van der Waals surface area contributed by atoms with Gasteiger partial charge in [-0.15, -0.1) is 0 Å². The van der Waals surface area contributed by atoms with Gasteiger partial charge in [0.1, 0.15) is 0 Å². The van der Waals surface area contributed by atoms with Crippen molar-refractivity contribution >= 4 is 5.97 Å². The zero-order chi connectivity index (χ0) is 9.97. The van der Waals surface area contributed by atoms with Crippen molar-refractivity contribution in [2.45, 2.75) is 18.8 Å². The molecule has 1 aromatic heterocycles. The number of hydrogen-bond acceptors (Lipinski definition) is 2. The Hall–Kier alpha value is -1.64. The second kappa shape index (κ2) is 3.62. The highest BCUT2D eigenvalue weighted by Gasteiger charge is 2.19. The molecule has 1 heterocycles. The van der Waals surface area contributed by atoms with Crippen molar-refractivity contribution in [2.75, 3.05) is 0 Å². The lowest BCUT2D eigenvalue weighted by Gasteiger charge is -2.11. The summed E-state index contributed by atoms with van der Waals surface area (Å²) in [5.41, 5.74) is 1.23. The van der Waals surface area contributed by atoms with Crippen LogP contribution in [0, 0.1) is 0 Å². The molecule has 0 aromatic carbocycles. The minimum Gasteiger partial charge on any atom is -0.478 e. The summed E-state index contributed by atoms with van der Waals surface area (Å²) in [4.78, 5) is 14.8. The first-order valence-corrected chi connectivity index (χ1v) is 4.61. The van der Waals surface area contributed by atoms with E-state index in [1.807, 2.05) is 0 Å². The number of allylic oxidation sites excluding steroid dienone is 2. The lowest BCUT2D eigenvalue weighted by molar-refractivity contribution is 0.0694. The molecule has 1 aliphatic carbocycles. The van der Waals surface area contributed by atoms with Crippen LogP contribution in [0.1, 0.15) is 34.7 Å². The van der Waals surface area contributed by atoms with E-state index in [9.17, 15) is 4.79 Å². The predicted molar refractivity (Wildman–Crippen MR) is 52.3 cm³/mol. The van der Waals surface area contributed by atoms with Crippen molar-refractivity contribution in [1.82, 2.24) is 4.98 Å². The van der Waals surface area contributed by atoms with Crippen LogP contribution in [-0.2, 0) is 0 Å². The first kappa shape index (κ1) is 8.94. The Balaban J connectivity index is 2.36. The zero-order valence-electron chi connectivity index (χ0n) is 7.68. The van der Waals surface area contributed by atoms with Gasteiger partial charge in [0.05, 0.1) is 5.56 Å². The fourth-order valence-corrected chi connectivity index (χ4v) is 1.81. The molecule has 0 fully saturated rings. The maximum atomic E-state index is 10.9. The van der Waals surface area contributed by atoms with Gasteiger partial charge < -0.3 is 5.11 Å². The summed E-state index contributed by atoms with van der Waals surface area (Å²) in [6.07, 6.45) is 9.14. The normalized spacial score (nSPS) is 16.0. The number of carboxylic acid groups (broad SMARTS) is 1. The Morgan fingerprint density at radius 3 is 2.79 bits per heavy atom. The second-order valence-corrected chi connectivity index (χ2v) is 3.41.